The van der Waals surface area contributed by atoms with E-state index in [9.17, 15) is 14.4 Å². The van der Waals surface area contributed by atoms with Gasteiger partial charge in [-0.2, -0.15) is 0 Å². The summed E-state index contributed by atoms with van der Waals surface area (Å²) < 4.78 is 0. The monoisotopic (exact) mass is 353 g/mol. The van der Waals surface area contributed by atoms with E-state index >= 15 is 0 Å². The average Bonchev–Trinajstić information content (AvgIpc) is 2.53. The first-order valence-electron chi connectivity index (χ1n) is 7.88. The van der Waals surface area contributed by atoms with Crippen LogP contribution in [0, 0.1) is 0 Å². The summed E-state index contributed by atoms with van der Waals surface area (Å²) >= 11 is 5.79. The van der Waals surface area contributed by atoms with Crippen LogP contribution in [0.3, 0.4) is 0 Å². The van der Waals surface area contributed by atoms with E-state index in [-0.39, 0.29) is 17.7 Å². The summed E-state index contributed by atoms with van der Waals surface area (Å²) in [5, 5.41) is 5.21. The van der Waals surface area contributed by atoms with Crippen LogP contribution < -0.4 is 15.5 Å². The van der Waals surface area contributed by atoms with E-state index in [0.717, 1.165) is 11.1 Å². The van der Waals surface area contributed by atoms with E-state index < -0.39 is 12.2 Å². The number of amides is 3. The molecule has 24 heavy (non-hydrogen) atoms. The minimum absolute atomic E-state index is 0.267. The Hall–Kier alpha value is -2.08. The zero-order chi connectivity index (χ0) is 18.3. The molecule has 0 heterocycles. The van der Waals surface area contributed by atoms with Crippen LogP contribution in [0.4, 0.5) is 5.69 Å². The number of hydrogen-bond acceptors (Lipinski definition) is 3. The third kappa shape index (κ3) is 4.96. The van der Waals surface area contributed by atoms with Gasteiger partial charge in [-0.05, 0) is 24.0 Å². The number of rotatable bonds is 7. The first-order valence-corrected chi connectivity index (χ1v) is 8.42. The Labute approximate surface area is 147 Å². The summed E-state index contributed by atoms with van der Waals surface area (Å²) in [7, 11) is 0. The number of nitrogens with zero attached hydrogens (tertiary/aromatic N) is 1. The molecule has 0 atom stereocenters. The Morgan fingerprint density at radius 3 is 1.83 bits per heavy atom. The van der Waals surface area contributed by atoms with Crippen LogP contribution in [0.5, 0.6) is 0 Å². The highest BCUT2D eigenvalue weighted by Crippen LogP contribution is 2.28. The van der Waals surface area contributed by atoms with Crippen molar-refractivity contribution in [1.82, 2.24) is 10.6 Å². The Balaban J connectivity index is 3.52. The molecule has 2 N–H and O–H groups in total. The molecule has 0 saturated heterocycles. The minimum Gasteiger partial charge on any atom is -0.319 e. The van der Waals surface area contributed by atoms with Gasteiger partial charge >= 0.3 is 0 Å². The quantitative estimate of drug-likeness (QED) is 0.581. The summed E-state index contributed by atoms with van der Waals surface area (Å²) in [5.41, 5.74) is 2.56. The van der Waals surface area contributed by atoms with Crippen LogP contribution >= 0.6 is 11.6 Å². The molecule has 132 valence electrons. The zero-order valence-electron chi connectivity index (χ0n) is 14.5. The van der Waals surface area contributed by atoms with Crippen molar-refractivity contribution in [3.8, 4) is 0 Å². The van der Waals surface area contributed by atoms with Crippen LogP contribution in [0.2, 0.25) is 0 Å². The summed E-state index contributed by atoms with van der Waals surface area (Å²) in [6, 6.07) is 5.76. The second kappa shape index (κ2) is 9.27. The standard InChI is InChI=1S/C17H24ClN3O3/c1-5-13-8-7-9-14(6-2)16(13)21(15(24)10-18)17(19-11(3)22)20-12(4)23/h7-9,17H,5-6,10H2,1-4H3,(H,19,22)(H,20,23). The Morgan fingerprint density at radius 2 is 1.50 bits per heavy atom. The van der Waals surface area contributed by atoms with Crippen molar-refractivity contribution in [2.45, 2.75) is 46.8 Å². The first-order chi connectivity index (χ1) is 11.3. The molecule has 3 amide bonds. The van der Waals surface area contributed by atoms with Gasteiger partial charge in [-0.3, -0.25) is 19.3 Å². The van der Waals surface area contributed by atoms with Crippen LogP contribution in [-0.4, -0.2) is 29.9 Å². The van der Waals surface area contributed by atoms with Gasteiger partial charge < -0.3 is 10.6 Å². The molecule has 1 aromatic rings. The summed E-state index contributed by atoms with van der Waals surface area (Å²) in [4.78, 5) is 37.0. The maximum absolute atomic E-state index is 12.5. The van der Waals surface area contributed by atoms with Gasteiger partial charge in [0.15, 0.2) is 6.29 Å². The lowest BCUT2D eigenvalue weighted by atomic mass is 10.0. The molecular formula is C17H24ClN3O3. The summed E-state index contributed by atoms with van der Waals surface area (Å²) in [5.74, 6) is -1.40. The molecule has 0 saturated carbocycles. The molecule has 0 unspecified atom stereocenters. The predicted octanol–water partition coefficient (Wildman–Crippen LogP) is 1.94. The average molecular weight is 354 g/mol. The van der Waals surface area contributed by atoms with Gasteiger partial charge in [-0.25, -0.2) is 0 Å². The fourth-order valence-corrected chi connectivity index (χ4v) is 2.67. The van der Waals surface area contributed by atoms with E-state index in [1.54, 1.807) is 0 Å². The molecule has 0 fully saturated rings. The number of benzene rings is 1. The summed E-state index contributed by atoms with van der Waals surface area (Å²) in [6.45, 7) is 6.61. The van der Waals surface area contributed by atoms with Gasteiger partial charge in [0.1, 0.15) is 5.88 Å². The molecule has 0 aliphatic carbocycles. The topological polar surface area (TPSA) is 78.5 Å². The van der Waals surface area contributed by atoms with E-state index in [2.05, 4.69) is 10.6 Å². The van der Waals surface area contributed by atoms with Crippen molar-refractivity contribution in [2.75, 3.05) is 10.8 Å². The second-order valence-electron chi connectivity index (χ2n) is 5.33. The van der Waals surface area contributed by atoms with E-state index in [0.29, 0.717) is 18.5 Å². The lowest BCUT2D eigenvalue weighted by Crippen LogP contribution is -2.60. The first kappa shape index (κ1) is 20.0. The number of para-hydroxylation sites is 1. The lowest BCUT2D eigenvalue weighted by molar-refractivity contribution is -0.123. The number of carbonyl (C=O) groups excluding carboxylic acids is 3. The smallest absolute Gasteiger partial charge is 0.245 e. The number of hydrogen-bond donors (Lipinski definition) is 2. The van der Waals surface area contributed by atoms with Crippen molar-refractivity contribution in [1.29, 1.82) is 0 Å². The van der Waals surface area contributed by atoms with E-state index in [1.165, 1.54) is 18.7 Å². The maximum atomic E-state index is 12.5. The normalized spacial score (nSPS) is 10.4. The third-order valence-corrected chi connectivity index (χ3v) is 3.76. The van der Waals surface area contributed by atoms with Gasteiger partial charge in [0.05, 0.1) is 5.69 Å². The predicted molar refractivity (Wildman–Crippen MR) is 94.8 cm³/mol. The van der Waals surface area contributed by atoms with Crippen molar-refractivity contribution in [3.05, 3.63) is 29.3 Å². The van der Waals surface area contributed by atoms with Gasteiger partial charge in [-0.1, -0.05) is 32.0 Å². The van der Waals surface area contributed by atoms with Crippen LogP contribution in [-0.2, 0) is 27.2 Å². The van der Waals surface area contributed by atoms with Crippen molar-refractivity contribution >= 4 is 35.0 Å². The highest BCUT2D eigenvalue weighted by Gasteiger charge is 2.29. The Morgan fingerprint density at radius 1 is 1.04 bits per heavy atom. The number of nitrogens with one attached hydrogen (secondary N) is 2. The van der Waals surface area contributed by atoms with Crippen molar-refractivity contribution < 1.29 is 14.4 Å². The largest absolute Gasteiger partial charge is 0.319 e. The SMILES string of the molecule is CCc1cccc(CC)c1N(C(=O)CCl)C(NC(C)=O)NC(C)=O. The zero-order valence-corrected chi connectivity index (χ0v) is 15.2. The fourth-order valence-electron chi connectivity index (χ4n) is 2.54. The van der Waals surface area contributed by atoms with Crippen LogP contribution in [0.15, 0.2) is 18.2 Å². The van der Waals surface area contributed by atoms with E-state index in [4.69, 9.17) is 11.6 Å². The van der Waals surface area contributed by atoms with Crippen LogP contribution in [0.25, 0.3) is 0 Å². The Kier molecular flexibility index (Phi) is 7.71. The Bertz CT molecular complexity index is 581. The highest BCUT2D eigenvalue weighted by atomic mass is 35.5. The highest BCUT2D eigenvalue weighted by molar-refractivity contribution is 6.29. The molecule has 0 aliphatic heterocycles. The van der Waals surface area contributed by atoms with Gasteiger partial charge in [0.2, 0.25) is 17.7 Å². The van der Waals surface area contributed by atoms with Gasteiger partial charge in [0, 0.05) is 13.8 Å². The third-order valence-electron chi connectivity index (χ3n) is 3.53. The lowest BCUT2D eigenvalue weighted by Gasteiger charge is -2.34. The van der Waals surface area contributed by atoms with Gasteiger partial charge in [-0.15, -0.1) is 11.6 Å². The molecule has 7 heteroatoms. The summed E-state index contributed by atoms with van der Waals surface area (Å²) in [6.07, 6.45) is 0.397. The number of aryl methyl sites for hydroxylation is 2. The number of alkyl halides is 1. The van der Waals surface area contributed by atoms with Crippen molar-refractivity contribution in [2.24, 2.45) is 0 Å². The van der Waals surface area contributed by atoms with Crippen LogP contribution in [0.1, 0.15) is 38.8 Å². The molecular weight excluding hydrogens is 330 g/mol. The van der Waals surface area contributed by atoms with E-state index in [1.807, 2.05) is 32.0 Å². The second-order valence-corrected chi connectivity index (χ2v) is 5.60. The number of anilines is 1. The molecule has 0 aromatic heterocycles. The molecule has 0 radical (unpaired) electrons. The van der Waals surface area contributed by atoms with Crippen molar-refractivity contribution in [3.63, 3.8) is 0 Å². The maximum Gasteiger partial charge on any atom is 0.245 e. The molecule has 0 bridgehead atoms. The minimum atomic E-state index is -0.996. The molecule has 0 aliphatic rings. The number of halogens is 1. The molecule has 0 spiro atoms. The fraction of sp³-hybridized carbons (Fsp3) is 0.471. The number of carbonyl (C=O) groups is 3. The van der Waals surface area contributed by atoms with Gasteiger partial charge in [0.25, 0.3) is 0 Å². The molecule has 6 nitrogen and oxygen atoms in total. The molecule has 1 aromatic carbocycles. The molecule has 1 rings (SSSR count).